The number of benzene rings is 1. The predicted molar refractivity (Wildman–Crippen MR) is 86.1 cm³/mol. The van der Waals surface area contributed by atoms with Crippen LogP contribution in [-0.4, -0.2) is 23.7 Å². The highest BCUT2D eigenvalue weighted by atomic mass is 79.9. The first-order valence-electron chi connectivity index (χ1n) is 6.01. The van der Waals surface area contributed by atoms with Crippen molar-refractivity contribution < 1.29 is 14.2 Å². The van der Waals surface area contributed by atoms with Crippen molar-refractivity contribution >= 4 is 37.5 Å². The lowest BCUT2D eigenvalue weighted by Crippen LogP contribution is -2.03. The van der Waals surface area contributed by atoms with Crippen LogP contribution in [0.5, 0.6) is 23.3 Å². The Morgan fingerprint density at radius 1 is 1.10 bits per heavy atom. The van der Waals surface area contributed by atoms with Crippen LogP contribution in [0.25, 0.3) is 0 Å². The molecule has 1 aromatic heterocycles. The van der Waals surface area contributed by atoms with Crippen molar-refractivity contribution in [3.63, 3.8) is 0 Å². The minimum Gasteiger partial charge on any atom is -0.496 e. The van der Waals surface area contributed by atoms with Gasteiger partial charge in [0.1, 0.15) is 17.8 Å². The Labute approximate surface area is 138 Å². The van der Waals surface area contributed by atoms with Gasteiger partial charge in [-0.15, -0.1) is 0 Å². The molecule has 0 radical (unpaired) electrons. The molecule has 0 aliphatic rings. The van der Waals surface area contributed by atoms with Crippen molar-refractivity contribution in [2.75, 3.05) is 19.5 Å². The summed E-state index contributed by atoms with van der Waals surface area (Å²) in [5.74, 6) is 1.74. The number of aromatic nitrogens is 2. The molecule has 0 aliphatic heterocycles. The molecule has 6 nitrogen and oxygen atoms in total. The highest BCUT2D eigenvalue weighted by Gasteiger charge is 2.14. The fourth-order valence-electron chi connectivity index (χ4n) is 1.55. The second-order valence-corrected chi connectivity index (χ2v) is 5.56. The Morgan fingerprint density at radius 2 is 1.71 bits per heavy atom. The average Bonchev–Trinajstić information content (AvgIpc) is 2.46. The molecule has 0 bridgehead atoms. The number of halogens is 2. The summed E-state index contributed by atoms with van der Waals surface area (Å²) in [7, 11) is 1.59. The van der Waals surface area contributed by atoms with Crippen LogP contribution in [-0.2, 0) is 0 Å². The van der Waals surface area contributed by atoms with Gasteiger partial charge >= 0.3 is 0 Å². The largest absolute Gasteiger partial charge is 0.496 e. The summed E-state index contributed by atoms with van der Waals surface area (Å²) in [6, 6.07) is 3.53. The van der Waals surface area contributed by atoms with Crippen LogP contribution in [0.15, 0.2) is 27.4 Å². The highest BCUT2D eigenvalue weighted by Crippen LogP contribution is 2.39. The molecule has 0 aliphatic carbocycles. The van der Waals surface area contributed by atoms with Crippen LogP contribution in [0.2, 0.25) is 0 Å². The van der Waals surface area contributed by atoms with E-state index in [1.807, 2.05) is 6.92 Å². The fraction of sp³-hybridized carbons (Fsp3) is 0.231. The van der Waals surface area contributed by atoms with E-state index in [9.17, 15) is 0 Å². The molecule has 112 valence electrons. The van der Waals surface area contributed by atoms with Gasteiger partial charge in [0, 0.05) is 0 Å². The predicted octanol–water partition coefficient (Wildman–Crippen LogP) is 3.78. The maximum atomic E-state index is 5.93. The zero-order valence-corrected chi connectivity index (χ0v) is 14.6. The van der Waals surface area contributed by atoms with E-state index < -0.39 is 0 Å². The van der Waals surface area contributed by atoms with Crippen molar-refractivity contribution in [1.29, 1.82) is 0 Å². The lowest BCUT2D eigenvalue weighted by atomic mass is 10.3. The van der Waals surface area contributed by atoms with Crippen LogP contribution in [0, 0.1) is 0 Å². The summed E-state index contributed by atoms with van der Waals surface area (Å²) in [6.45, 7) is 2.30. The SMILES string of the molecule is CCOc1ncnc(Oc2cc(Br)c(OC)cc2Br)c1N. The first-order chi connectivity index (χ1) is 10.1. The van der Waals surface area contributed by atoms with Gasteiger partial charge in [0.15, 0.2) is 5.69 Å². The summed E-state index contributed by atoms with van der Waals surface area (Å²) in [4.78, 5) is 7.98. The molecule has 2 aromatic rings. The summed E-state index contributed by atoms with van der Waals surface area (Å²) in [5, 5.41) is 0. The van der Waals surface area contributed by atoms with E-state index in [1.165, 1.54) is 6.33 Å². The van der Waals surface area contributed by atoms with E-state index >= 15 is 0 Å². The van der Waals surface area contributed by atoms with Crippen molar-refractivity contribution in [3.05, 3.63) is 27.4 Å². The zero-order chi connectivity index (χ0) is 15.4. The molecule has 0 amide bonds. The topological polar surface area (TPSA) is 79.5 Å². The Balaban J connectivity index is 2.34. The smallest absolute Gasteiger partial charge is 0.249 e. The lowest BCUT2D eigenvalue weighted by molar-refractivity contribution is 0.325. The molecule has 1 heterocycles. The summed E-state index contributed by atoms with van der Waals surface area (Å²) < 4.78 is 17.7. The van der Waals surface area contributed by atoms with Gasteiger partial charge in [-0.2, -0.15) is 9.97 Å². The van der Waals surface area contributed by atoms with E-state index in [0.717, 1.165) is 4.47 Å². The molecule has 0 spiro atoms. The van der Waals surface area contributed by atoms with E-state index in [0.29, 0.717) is 28.5 Å². The van der Waals surface area contributed by atoms with Crippen LogP contribution >= 0.6 is 31.9 Å². The molecular weight excluding hydrogens is 406 g/mol. The Hall–Kier alpha value is -1.54. The van der Waals surface area contributed by atoms with E-state index in [4.69, 9.17) is 19.9 Å². The van der Waals surface area contributed by atoms with Crippen LogP contribution in [0.4, 0.5) is 5.69 Å². The van der Waals surface area contributed by atoms with E-state index in [-0.39, 0.29) is 11.6 Å². The Bertz CT molecular complexity index is 653. The standard InChI is InChI=1S/C13H13Br2N3O3/c1-3-20-12-11(16)13(18-6-17-12)21-10-5-7(14)9(19-2)4-8(10)15/h4-6H,3,16H2,1-2H3. The van der Waals surface area contributed by atoms with Crippen LogP contribution in [0.3, 0.4) is 0 Å². The second-order valence-electron chi connectivity index (χ2n) is 3.85. The van der Waals surface area contributed by atoms with Gasteiger partial charge < -0.3 is 19.9 Å². The molecule has 0 fully saturated rings. The quantitative estimate of drug-likeness (QED) is 0.795. The molecule has 2 rings (SSSR count). The maximum absolute atomic E-state index is 5.93. The molecule has 0 saturated heterocycles. The van der Waals surface area contributed by atoms with Gasteiger partial charge in [0.05, 0.1) is 22.7 Å². The Morgan fingerprint density at radius 3 is 2.38 bits per heavy atom. The molecule has 1 aromatic carbocycles. The Kier molecular flexibility index (Phi) is 5.24. The molecule has 21 heavy (non-hydrogen) atoms. The molecular formula is C13H13Br2N3O3. The number of nitrogen functional groups attached to an aromatic ring is 1. The molecule has 2 N–H and O–H groups in total. The van der Waals surface area contributed by atoms with Gasteiger partial charge in [0.2, 0.25) is 11.8 Å². The average molecular weight is 419 g/mol. The van der Waals surface area contributed by atoms with Gasteiger partial charge in [-0.1, -0.05) is 0 Å². The molecule has 0 saturated carbocycles. The number of hydrogen-bond acceptors (Lipinski definition) is 6. The second kappa shape index (κ2) is 6.95. The number of ether oxygens (including phenoxy) is 3. The number of nitrogens with zero attached hydrogens (tertiary/aromatic N) is 2. The highest BCUT2D eigenvalue weighted by molar-refractivity contribution is 9.11. The summed E-state index contributed by atoms with van der Waals surface area (Å²) in [6.07, 6.45) is 1.34. The first-order valence-corrected chi connectivity index (χ1v) is 7.59. The monoisotopic (exact) mass is 417 g/mol. The summed E-state index contributed by atoms with van der Waals surface area (Å²) >= 11 is 6.81. The minimum atomic E-state index is 0.228. The van der Waals surface area contributed by atoms with Gasteiger partial charge in [0.25, 0.3) is 0 Å². The minimum absolute atomic E-state index is 0.228. The molecule has 0 atom stereocenters. The van der Waals surface area contributed by atoms with E-state index in [2.05, 4.69) is 41.8 Å². The number of methoxy groups -OCH3 is 1. The molecule has 0 unspecified atom stereocenters. The fourth-order valence-corrected chi connectivity index (χ4v) is 2.43. The lowest BCUT2D eigenvalue weighted by Gasteiger charge is -2.12. The third-order valence-corrected chi connectivity index (χ3v) is 3.74. The van der Waals surface area contributed by atoms with Crippen LogP contribution in [0.1, 0.15) is 6.92 Å². The third kappa shape index (κ3) is 3.56. The number of nitrogens with two attached hydrogens (primary N) is 1. The van der Waals surface area contributed by atoms with Gasteiger partial charge in [-0.05, 0) is 50.9 Å². The number of anilines is 1. The van der Waals surface area contributed by atoms with Gasteiger partial charge in [-0.3, -0.25) is 0 Å². The van der Waals surface area contributed by atoms with Crippen molar-refractivity contribution in [3.8, 4) is 23.3 Å². The number of hydrogen-bond donors (Lipinski definition) is 1. The molecule has 8 heteroatoms. The zero-order valence-electron chi connectivity index (χ0n) is 11.4. The van der Waals surface area contributed by atoms with Crippen molar-refractivity contribution in [1.82, 2.24) is 9.97 Å². The van der Waals surface area contributed by atoms with Crippen LogP contribution < -0.4 is 19.9 Å². The first kappa shape index (κ1) is 15.8. The summed E-state index contributed by atoms with van der Waals surface area (Å²) in [5.41, 5.74) is 6.18. The van der Waals surface area contributed by atoms with Crippen molar-refractivity contribution in [2.24, 2.45) is 0 Å². The van der Waals surface area contributed by atoms with E-state index in [1.54, 1.807) is 19.2 Å². The normalized spacial score (nSPS) is 10.3. The van der Waals surface area contributed by atoms with Crippen molar-refractivity contribution in [2.45, 2.75) is 6.92 Å². The maximum Gasteiger partial charge on any atom is 0.249 e. The van der Waals surface area contributed by atoms with Gasteiger partial charge in [-0.25, -0.2) is 0 Å². The number of rotatable bonds is 5. The third-order valence-electron chi connectivity index (χ3n) is 2.50.